The van der Waals surface area contributed by atoms with Crippen LogP contribution in [-0.4, -0.2) is 11.1 Å². The van der Waals surface area contributed by atoms with Crippen LogP contribution in [0.4, 0.5) is 0 Å². The van der Waals surface area contributed by atoms with E-state index in [4.69, 9.17) is 9.84 Å². The van der Waals surface area contributed by atoms with Gasteiger partial charge in [0.1, 0.15) is 6.61 Å². The lowest BCUT2D eigenvalue weighted by molar-refractivity contribution is 0.0472. The van der Waals surface area contributed by atoms with E-state index in [2.05, 4.69) is 12.1 Å². The Balaban J connectivity index is 1.61. The molecule has 0 aliphatic rings. The first-order chi connectivity index (χ1) is 11.8. The molecule has 1 N–H and O–H groups in total. The maximum absolute atomic E-state index is 12.0. The van der Waals surface area contributed by atoms with Gasteiger partial charge >= 0.3 is 5.97 Å². The normalized spacial score (nSPS) is 10.4. The van der Waals surface area contributed by atoms with Crippen molar-refractivity contribution in [2.45, 2.75) is 13.2 Å². The number of hydrogen-bond donors (Lipinski definition) is 1. The third-order valence-corrected chi connectivity index (χ3v) is 3.80. The molecule has 3 aromatic rings. The minimum Gasteiger partial charge on any atom is -0.457 e. The highest BCUT2D eigenvalue weighted by molar-refractivity contribution is 5.89. The van der Waals surface area contributed by atoms with Gasteiger partial charge in [-0.1, -0.05) is 66.7 Å². The topological polar surface area (TPSA) is 46.5 Å². The summed E-state index contributed by atoms with van der Waals surface area (Å²) in [5.74, 6) is -0.369. The predicted octanol–water partition coefficient (Wildman–Crippen LogP) is 4.20. The van der Waals surface area contributed by atoms with E-state index in [1.165, 1.54) is 0 Å². The van der Waals surface area contributed by atoms with Crippen molar-refractivity contribution in [3.8, 4) is 11.1 Å². The number of ether oxygens (including phenoxy) is 1. The van der Waals surface area contributed by atoms with Crippen LogP contribution in [-0.2, 0) is 18.0 Å². The molecule has 0 fully saturated rings. The van der Waals surface area contributed by atoms with E-state index in [1.807, 2.05) is 42.5 Å². The van der Waals surface area contributed by atoms with Crippen LogP contribution in [0.25, 0.3) is 11.1 Å². The fourth-order valence-electron chi connectivity index (χ4n) is 2.40. The van der Waals surface area contributed by atoms with Crippen LogP contribution in [0.5, 0.6) is 0 Å². The second-order valence-electron chi connectivity index (χ2n) is 5.49. The summed E-state index contributed by atoms with van der Waals surface area (Å²) < 4.78 is 5.33. The molecule has 3 nitrogen and oxygen atoms in total. The lowest BCUT2D eigenvalue weighted by Crippen LogP contribution is -2.05. The average Bonchev–Trinajstić information content (AvgIpc) is 2.67. The first kappa shape index (κ1) is 16.0. The fraction of sp³-hybridized carbons (Fsp3) is 0.0952. The second kappa shape index (κ2) is 7.57. The lowest BCUT2D eigenvalue weighted by Gasteiger charge is -2.07. The first-order valence-corrected chi connectivity index (χ1v) is 7.77. The summed E-state index contributed by atoms with van der Waals surface area (Å²) in [7, 11) is 0. The Hall–Kier alpha value is -2.91. The molecule has 3 aromatic carbocycles. The van der Waals surface area contributed by atoms with Crippen LogP contribution < -0.4 is 0 Å². The van der Waals surface area contributed by atoms with E-state index in [1.54, 1.807) is 24.3 Å². The first-order valence-electron chi connectivity index (χ1n) is 7.77. The molecule has 0 atom stereocenters. The lowest BCUT2D eigenvalue weighted by atomic mass is 10.0. The van der Waals surface area contributed by atoms with Gasteiger partial charge in [0.2, 0.25) is 0 Å². The molecule has 3 heteroatoms. The van der Waals surface area contributed by atoms with Crippen molar-refractivity contribution < 1.29 is 14.6 Å². The quantitative estimate of drug-likeness (QED) is 0.717. The summed E-state index contributed by atoms with van der Waals surface area (Å²) in [6.07, 6.45) is 0. The zero-order chi connectivity index (χ0) is 16.8. The smallest absolute Gasteiger partial charge is 0.338 e. The van der Waals surface area contributed by atoms with Gasteiger partial charge in [-0.25, -0.2) is 4.79 Å². The molecule has 120 valence electrons. The molecular weight excluding hydrogens is 300 g/mol. The van der Waals surface area contributed by atoms with Crippen LogP contribution in [0.1, 0.15) is 21.5 Å². The number of hydrogen-bond acceptors (Lipinski definition) is 3. The van der Waals surface area contributed by atoms with Crippen LogP contribution in [0.15, 0.2) is 78.9 Å². The van der Waals surface area contributed by atoms with Gasteiger partial charge in [-0.2, -0.15) is 0 Å². The molecule has 0 saturated carbocycles. The molecule has 24 heavy (non-hydrogen) atoms. The SMILES string of the molecule is O=C(OCc1ccc(-c2ccccc2)cc1)c1ccc(CO)cc1. The molecule has 3 rings (SSSR count). The van der Waals surface area contributed by atoms with Crippen LogP contribution in [0.2, 0.25) is 0 Å². The number of benzene rings is 3. The van der Waals surface area contributed by atoms with Crippen molar-refractivity contribution in [3.63, 3.8) is 0 Å². The number of carbonyl (C=O) groups is 1. The molecule has 0 aliphatic carbocycles. The zero-order valence-electron chi connectivity index (χ0n) is 13.2. The highest BCUT2D eigenvalue weighted by atomic mass is 16.5. The van der Waals surface area contributed by atoms with Crippen LogP contribution in [0.3, 0.4) is 0 Å². The molecule has 0 amide bonds. The molecule has 0 saturated heterocycles. The second-order valence-corrected chi connectivity index (χ2v) is 5.49. The largest absolute Gasteiger partial charge is 0.457 e. The maximum Gasteiger partial charge on any atom is 0.338 e. The van der Waals surface area contributed by atoms with E-state index in [9.17, 15) is 4.79 Å². The van der Waals surface area contributed by atoms with Crippen molar-refractivity contribution in [2.24, 2.45) is 0 Å². The third kappa shape index (κ3) is 3.89. The van der Waals surface area contributed by atoms with Gasteiger partial charge in [0.25, 0.3) is 0 Å². The molecule has 0 radical (unpaired) electrons. The average molecular weight is 318 g/mol. The Morgan fingerprint density at radius 3 is 1.96 bits per heavy atom. The Morgan fingerprint density at radius 1 is 0.750 bits per heavy atom. The number of aliphatic hydroxyl groups is 1. The van der Waals surface area contributed by atoms with E-state index in [0.717, 1.165) is 22.3 Å². The van der Waals surface area contributed by atoms with Gasteiger partial charge in [-0.3, -0.25) is 0 Å². The summed E-state index contributed by atoms with van der Waals surface area (Å²) >= 11 is 0. The Kier molecular flexibility index (Phi) is 5.04. The molecule has 0 heterocycles. The van der Waals surface area contributed by atoms with E-state index < -0.39 is 0 Å². The van der Waals surface area contributed by atoms with Gasteiger partial charge in [0.05, 0.1) is 12.2 Å². The van der Waals surface area contributed by atoms with Gasteiger partial charge in [0, 0.05) is 0 Å². The highest BCUT2D eigenvalue weighted by Crippen LogP contribution is 2.19. The summed E-state index contributed by atoms with van der Waals surface area (Å²) in [5, 5.41) is 9.01. The Morgan fingerprint density at radius 2 is 1.33 bits per heavy atom. The number of aliphatic hydroxyl groups excluding tert-OH is 1. The van der Waals surface area contributed by atoms with Gasteiger partial charge in [-0.05, 0) is 34.4 Å². The minimum absolute atomic E-state index is 0.0386. The van der Waals surface area contributed by atoms with Crippen molar-refractivity contribution in [2.75, 3.05) is 0 Å². The summed E-state index contributed by atoms with van der Waals surface area (Å²) in [4.78, 5) is 12.0. The van der Waals surface area contributed by atoms with E-state index in [0.29, 0.717) is 5.56 Å². The third-order valence-electron chi connectivity index (χ3n) is 3.80. The molecule has 0 aliphatic heterocycles. The molecule has 0 spiro atoms. The van der Waals surface area contributed by atoms with Gasteiger partial charge < -0.3 is 9.84 Å². The molecule has 0 bridgehead atoms. The van der Waals surface area contributed by atoms with Gasteiger partial charge in [-0.15, -0.1) is 0 Å². The van der Waals surface area contributed by atoms with E-state index >= 15 is 0 Å². The fourth-order valence-corrected chi connectivity index (χ4v) is 2.40. The maximum atomic E-state index is 12.0. The van der Waals surface area contributed by atoms with Crippen molar-refractivity contribution in [1.29, 1.82) is 0 Å². The highest BCUT2D eigenvalue weighted by Gasteiger charge is 2.07. The standard InChI is InChI=1S/C21H18O3/c22-14-16-6-12-20(13-7-16)21(23)24-15-17-8-10-19(11-9-17)18-4-2-1-3-5-18/h1-13,22H,14-15H2. The molecule has 0 unspecified atom stereocenters. The monoisotopic (exact) mass is 318 g/mol. The van der Waals surface area contributed by atoms with E-state index in [-0.39, 0.29) is 19.2 Å². The summed E-state index contributed by atoms with van der Waals surface area (Å²) in [6.45, 7) is 0.193. The molecule has 0 aromatic heterocycles. The Labute approximate surface area is 141 Å². The number of rotatable bonds is 5. The van der Waals surface area contributed by atoms with Crippen molar-refractivity contribution >= 4 is 5.97 Å². The van der Waals surface area contributed by atoms with Crippen molar-refractivity contribution in [1.82, 2.24) is 0 Å². The number of esters is 1. The van der Waals surface area contributed by atoms with Crippen LogP contribution >= 0.6 is 0 Å². The minimum atomic E-state index is -0.369. The predicted molar refractivity (Wildman–Crippen MR) is 93.4 cm³/mol. The van der Waals surface area contributed by atoms with Gasteiger partial charge in [0.15, 0.2) is 0 Å². The summed E-state index contributed by atoms with van der Waals surface area (Å²) in [6, 6.07) is 24.8. The Bertz CT molecular complexity index is 791. The number of carbonyl (C=O) groups excluding carboxylic acids is 1. The van der Waals surface area contributed by atoms with Crippen LogP contribution in [0, 0.1) is 0 Å². The summed E-state index contributed by atoms with van der Waals surface area (Å²) in [5.41, 5.74) is 4.47. The zero-order valence-corrected chi connectivity index (χ0v) is 13.2. The molecular formula is C21H18O3. The van der Waals surface area contributed by atoms with Crippen molar-refractivity contribution in [3.05, 3.63) is 95.6 Å².